The van der Waals surface area contributed by atoms with E-state index in [2.05, 4.69) is 10.5 Å². The van der Waals surface area contributed by atoms with E-state index in [9.17, 15) is 4.79 Å². The van der Waals surface area contributed by atoms with Crippen molar-refractivity contribution in [2.24, 2.45) is 5.16 Å². The van der Waals surface area contributed by atoms with E-state index in [-0.39, 0.29) is 12.5 Å². The Morgan fingerprint density at radius 2 is 1.80 bits per heavy atom. The summed E-state index contributed by atoms with van der Waals surface area (Å²) in [6.45, 7) is 0.200. The minimum Gasteiger partial charge on any atom is -0.493 e. The van der Waals surface area contributed by atoms with Gasteiger partial charge in [-0.25, -0.2) is 0 Å². The molecule has 0 aromatic heterocycles. The van der Waals surface area contributed by atoms with Gasteiger partial charge in [0.25, 0.3) is 5.91 Å². The number of carbonyl (C=O) groups is 1. The summed E-state index contributed by atoms with van der Waals surface area (Å²) in [6.07, 6.45) is 1.49. The fourth-order valence-corrected chi connectivity index (χ4v) is 2.74. The summed E-state index contributed by atoms with van der Waals surface area (Å²) in [6, 6.07) is 22.2. The Kier molecular flexibility index (Phi) is 7.69. The maximum absolute atomic E-state index is 11.9. The van der Waals surface area contributed by atoms with Gasteiger partial charge < -0.3 is 19.6 Å². The van der Waals surface area contributed by atoms with Crippen LogP contribution in [0.25, 0.3) is 0 Å². The Hall–Kier alpha value is -3.51. The lowest BCUT2D eigenvalue weighted by molar-refractivity contribution is -0.120. The second-order valence-corrected chi connectivity index (χ2v) is 6.63. The van der Waals surface area contributed by atoms with E-state index in [1.165, 1.54) is 6.21 Å². The molecule has 3 rings (SSSR count). The number of ether oxygens (including phenoxy) is 2. The van der Waals surface area contributed by atoms with Crippen LogP contribution >= 0.6 is 11.6 Å². The summed E-state index contributed by atoms with van der Waals surface area (Å²) in [5, 5.41) is 6.94. The lowest BCUT2D eigenvalue weighted by atomic mass is 10.2. The molecule has 0 aliphatic heterocycles. The zero-order valence-electron chi connectivity index (χ0n) is 16.4. The Morgan fingerprint density at radius 3 is 2.57 bits per heavy atom. The molecule has 0 bridgehead atoms. The maximum atomic E-state index is 11.9. The number of para-hydroxylation sites is 1. The van der Waals surface area contributed by atoms with Gasteiger partial charge >= 0.3 is 0 Å². The number of rotatable bonds is 9. The second kappa shape index (κ2) is 10.9. The van der Waals surface area contributed by atoms with E-state index in [1.807, 2.05) is 36.4 Å². The van der Waals surface area contributed by atoms with Gasteiger partial charge in [-0.05, 0) is 35.9 Å². The van der Waals surface area contributed by atoms with E-state index in [4.69, 9.17) is 25.9 Å². The molecular formula is C23H21ClN2O4. The molecule has 0 saturated heterocycles. The number of hydrogen-bond acceptors (Lipinski definition) is 5. The summed E-state index contributed by atoms with van der Waals surface area (Å²) < 4.78 is 11.2. The summed E-state index contributed by atoms with van der Waals surface area (Å²) in [5.41, 5.74) is 2.33. The van der Waals surface area contributed by atoms with Crippen LogP contribution in [0.3, 0.4) is 0 Å². The van der Waals surface area contributed by atoms with Crippen molar-refractivity contribution in [2.75, 3.05) is 19.0 Å². The number of halogens is 1. The molecule has 0 unspecified atom stereocenters. The minimum absolute atomic E-state index is 0.239. The maximum Gasteiger partial charge on any atom is 0.265 e. The predicted molar refractivity (Wildman–Crippen MR) is 117 cm³/mol. The molecule has 0 fully saturated rings. The molecule has 1 amide bonds. The zero-order valence-corrected chi connectivity index (χ0v) is 17.1. The number of nitrogens with zero attached hydrogens (tertiary/aromatic N) is 1. The third-order valence-electron chi connectivity index (χ3n) is 4.04. The molecule has 0 aliphatic carbocycles. The molecule has 1 N–H and O–H groups in total. The summed E-state index contributed by atoms with van der Waals surface area (Å²) in [5.74, 6) is 0.840. The van der Waals surface area contributed by atoms with Crippen LogP contribution in [0, 0.1) is 0 Å². The number of hydrogen-bond donors (Lipinski definition) is 1. The number of methoxy groups -OCH3 is 1. The first kappa shape index (κ1) is 21.2. The van der Waals surface area contributed by atoms with Crippen molar-refractivity contribution in [3.63, 3.8) is 0 Å². The second-order valence-electron chi connectivity index (χ2n) is 6.22. The van der Waals surface area contributed by atoms with Crippen molar-refractivity contribution in [1.29, 1.82) is 0 Å². The molecule has 7 heteroatoms. The topological polar surface area (TPSA) is 69.2 Å². The van der Waals surface area contributed by atoms with Crippen LogP contribution in [0.1, 0.15) is 11.1 Å². The first-order valence-corrected chi connectivity index (χ1v) is 9.58. The lowest BCUT2D eigenvalue weighted by Gasteiger charge is -2.11. The summed E-state index contributed by atoms with van der Waals surface area (Å²) in [7, 11) is 1.57. The van der Waals surface area contributed by atoms with Gasteiger partial charge in [0.15, 0.2) is 18.1 Å². The minimum atomic E-state index is -0.359. The number of anilines is 1. The Balaban J connectivity index is 1.51. The molecule has 3 aromatic rings. The Bertz CT molecular complexity index is 1010. The van der Waals surface area contributed by atoms with Gasteiger partial charge in [-0.15, -0.1) is 0 Å². The van der Waals surface area contributed by atoms with Crippen LogP contribution < -0.4 is 14.8 Å². The van der Waals surface area contributed by atoms with Crippen LogP contribution in [-0.4, -0.2) is 25.8 Å². The van der Waals surface area contributed by atoms with Crippen LogP contribution in [0.5, 0.6) is 11.5 Å². The molecule has 0 aliphatic rings. The van der Waals surface area contributed by atoms with Crippen molar-refractivity contribution in [2.45, 2.75) is 6.61 Å². The molecule has 0 saturated carbocycles. The van der Waals surface area contributed by atoms with Gasteiger partial charge in [0.2, 0.25) is 0 Å². The van der Waals surface area contributed by atoms with Gasteiger partial charge in [-0.2, -0.15) is 0 Å². The van der Waals surface area contributed by atoms with Crippen molar-refractivity contribution in [1.82, 2.24) is 0 Å². The molecule has 30 heavy (non-hydrogen) atoms. The van der Waals surface area contributed by atoms with Crippen molar-refractivity contribution < 1.29 is 19.1 Å². The van der Waals surface area contributed by atoms with Gasteiger partial charge in [-0.1, -0.05) is 59.2 Å². The highest BCUT2D eigenvalue weighted by Crippen LogP contribution is 2.28. The van der Waals surface area contributed by atoms with Crippen molar-refractivity contribution >= 4 is 29.4 Å². The highest BCUT2D eigenvalue weighted by Gasteiger charge is 2.07. The van der Waals surface area contributed by atoms with E-state index >= 15 is 0 Å². The van der Waals surface area contributed by atoms with E-state index in [0.29, 0.717) is 28.8 Å². The Morgan fingerprint density at radius 1 is 1.03 bits per heavy atom. The van der Waals surface area contributed by atoms with Crippen LogP contribution in [-0.2, 0) is 16.2 Å². The summed E-state index contributed by atoms with van der Waals surface area (Å²) >= 11 is 6.00. The van der Waals surface area contributed by atoms with Crippen LogP contribution in [0.15, 0.2) is 78.0 Å². The molecule has 0 spiro atoms. The molecule has 0 radical (unpaired) electrons. The van der Waals surface area contributed by atoms with Gasteiger partial charge in [0, 0.05) is 5.56 Å². The van der Waals surface area contributed by atoms with E-state index < -0.39 is 0 Å². The van der Waals surface area contributed by atoms with Gasteiger partial charge in [0.1, 0.15) is 6.61 Å². The van der Waals surface area contributed by atoms with Gasteiger partial charge in [0.05, 0.1) is 24.0 Å². The van der Waals surface area contributed by atoms with Crippen molar-refractivity contribution in [3.05, 3.63) is 88.9 Å². The molecule has 3 aromatic carbocycles. The quantitative estimate of drug-likeness (QED) is 0.391. The first-order chi connectivity index (χ1) is 14.7. The third-order valence-corrected chi connectivity index (χ3v) is 4.37. The predicted octanol–water partition coefficient (Wildman–Crippen LogP) is 4.92. The smallest absolute Gasteiger partial charge is 0.265 e. The molecule has 0 heterocycles. The number of carbonyl (C=O) groups excluding carboxylic acids is 1. The van der Waals surface area contributed by atoms with Crippen LogP contribution in [0.2, 0.25) is 5.02 Å². The van der Waals surface area contributed by atoms with Crippen LogP contribution in [0.4, 0.5) is 5.69 Å². The average Bonchev–Trinajstić information content (AvgIpc) is 2.78. The fraction of sp³-hybridized carbons (Fsp3) is 0.130. The first-order valence-electron chi connectivity index (χ1n) is 9.20. The summed E-state index contributed by atoms with van der Waals surface area (Å²) in [4.78, 5) is 17.0. The number of oxime groups is 1. The standard InChI is InChI=1S/C23H21ClN2O4/c1-28-22-13-18(11-12-21(22)29-15-17-7-3-2-4-8-17)14-25-30-16-23(27)26-20-10-6-5-9-19(20)24/h2-14H,15-16H2,1H3,(H,26,27). The normalized spacial score (nSPS) is 10.6. The highest BCUT2D eigenvalue weighted by molar-refractivity contribution is 6.33. The SMILES string of the molecule is COc1cc(C=NOCC(=O)Nc2ccccc2Cl)ccc1OCc1ccccc1. The fourth-order valence-electron chi connectivity index (χ4n) is 2.56. The Labute approximate surface area is 180 Å². The lowest BCUT2D eigenvalue weighted by Crippen LogP contribution is -2.17. The number of amides is 1. The monoisotopic (exact) mass is 424 g/mol. The van der Waals surface area contributed by atoms with Crippen molar-refractivity contribution in [3.8, 4) is 11.5 Å². The molecule has 6 nitrogen and oxygen atoms in total. The molecular weight excluding hydrogens is 404 g/mol. The van der Waals surface area contributed by atoms with E-state index in [0.717, 1.165) is 11.1 Å². The zero-order chi connectivity index (χ0) is 21.2. The molecule has 154 valence electrons. The largest absolute Gasteiger partial charge is 0.493 e. The number of nitrogens with one attached hydrogen (secondary N) is 1. The highest BCUT2D eigenvalue weighted by atomic mass is 35.5. The molecule has 0 atom stereocenters. The van der Waals surface area contributed by atoms with Gasteiger partial charge in [-0.3, -0.25) is 4.79 Å². The average molecular weight is 425 g/mol. The van der Waals surface area contributed by atoms with E-state index in [1.54, 1.807) is 43.5 Å². The third kappa shape index (κ3) is 6.25. The number of benzene rings is 3.